The molecule has 1 aromatic heterocycles. The van der Waals surface area contributed by atoms with Gasteiger partial charge in [-0.1, -0.05) is 0 Å². The molecule has 1 fully saturated rings. The molecule has 182 valence electrons. The summed E-state index contributed by atoms with van der Waals surface area (Å²) in [6.07, 6.45) is 3.23. The lowest BCUT2D eigenvalue weighted by atomic mass is 9.96. The fraction of sp³-hybridized carbons (Fsp3) is 0.682. The average Bonchev–Trinajstić information content (AvgIpc) is 3.24. The standard InChI is InChI=1S/C22H37N5O4.HI/c1-6-26(21(29)31-22(2,3)4)16-17-9-11-27(12-10-17)20(23-5)25-15-19(28)24-14-18-8-7-13-30-18;/h7-8,13,17H,6,9-12,14-16H2,1-5H3,(H,23,25)(H,24,28);1H. The van der Waals surface area contributed by atoms with Crippen molar-refractivity contribution in [3.63, 3.8) is 0 Å². The quantitative estimate of drug-likeness (QED) is 0.301. The molecule has 1 aliphatic heterocycles. The van der Waals surface area contributed by atoms with Crippen LogP contribution in [0.25, 0.3) is 0 Å². The molecule has 9 nitrogen and oxygen atoms in total. The van der Waals surface area contributed by atoms with Gasteiger partial charge in [0.15, 0.2) is 5.96 Å². The molecule has 0 atom stereocenters. The van der Waals surface area contributed by atoms with Gasteiger partial charge in [0.1, 0.15) is 11.4 Å². The lowest BCUT2D eigenvalue weighted by molar-refractivity contribution is -0.120. The zero-order valence-electron chi connectivity index (χ0n) is 19.8. The second-order valence-corrected chi connectivity index (χ2v) is 8.71. The van der Waals surface area contributed by atoms with Gasteiger partial charge in [-0.05, 0) is 58.6 Å². The molecule has 0 aliphatic carbocycles. The average molecular weight is 563 g/mol. The van der Waals surface area contributed by atoms with Gasteiger partial charge >= 0.3 is 6.09 Å². The number of hydrogen-bond donors (Lipinski definition) is 2. The zero-order chi connectivity index (χ0) is 22.9. The first-order chi connectivity index (χ1) is 14.7. The van der Waals surface area contributed by atoms with Crippen LogP contribution in [0.3, 0.4) is 0 Å². The number of aliphatic imine (C=N–C) groups is 1. The predicted octanol–water partition coefficient (Wildman–Crippen LogP) is 3.06. The first-order valence-corrected chi connectivity index (χ1v) is 10.9. The Morgan fingerprint density at radius 2 is 1.97 bits per heavy atom. The molecule has 2 N–H and O–H groups in total. The Hall–Kier alpha value is -1.98. The van der Waals surface area contributed by atoms with Crippen molar-refractivity contribution in [3.8, 4) is 0 Å². The third kappa shape index (κ3) is 9.66. The van der Waals surface area contributed by atoms with Crippen molar-refractivity contribution in [2.75, 3.05) is 39.8 Å². The van der Waals surface area contributed by atoms with Crippen LogP contribution < -0.4 is 10.6 Å². The molecule has 0 radical (unpaired) electrons. The fourth-order valence-corrected chi connectivity index (χ4v) is 3.45. The number of ether oxygens (including phenoxy) is 1. The molecule has 2 rings (SSSR count). The van der Waals surface area contributed by atoms with Crippen LogP contribution in [0.2, 0.25) is 0 Å². The van der Waals surface area contributed by atoms with Gasteiger partial charge in [-0.25, -0.2) is 4.79 Å². The van der Waals surface area contributed by atoms with Crippen LogP contribution in [-0.2, 0) is 16.1 Å². The number of rotatable bonds is 7. The first-order valence-electron chi connectivity index (χ1n) is 10.9. The lowest BCUT2D eigenvalue weighted by Gasteiger charge is -2.36. The Kier molecular flexibility index (Phi) is 11.9. The van der Waals surface area contributed by atoms with Gasteiger partial charge in [0.25, 0.3) is 0 Å². The van der Waals surface area contributed by atoms with Gasteiger partial charge in [0.2, 0.25) is 5.91 Å². The molecule has 0 spiro atoms. The minimum Gasteiger partial charge on any atom is -0.467 e. The second kappa shape index (κ2) is 13.5. The number of amides is 2. The maximum atomic E-state index is 12.4. The molecule has 1 aliphatic rings. The van der Waals surface area contributed by atoms with E-state index in [1.54, 1.807) is 24.3 Å². The molecular formula is C22H38IN5O4. The molecule has 0 unspecified atom stereocenters. The highest BCUT2D eigenvalue weighted by molar-refractivity contribution is 14.0. The maximum absolute atomic E-state index is 12.4. The van der Waals surface area contributed by atoms with E-state index in [0.717, 1.165) is 25.9 Å². The summed E-state index contributed by atoms with van der Waals surface area (Å²) in [5.41, 5.74) is -0.490. The minimum absolute atomic E-state index is 0. The Bertz CT molecular complexity index is 725. The highest BCUT2D eigenvalue weighted by Gasteiger charge is 2.27. The van der Waals surface area contributed by atoms with Crippen molar-refractivity contribution in [2.45, 2.75) is 52.7 Å². The van der Waals surface area contributed by atoms with E-state index in [2.05, 4.69) is 20.5 Å². The van der Waals surface area contributed by atoms with Crippen LogP contribution in [0.5, 0.6) is 0 Å². The number of piperidine rings is 1. The molecule has 0 aromatic carbocycles. The minimum atomic E-state index is -0.490. The maximum Gasteiger partial charge on any atom is 0.410 e. The third-order valence-electron chi connectivity index (χ3n) is 5.08. The van der Waals surface area contributed by atoms with E-state index in [1.807, 2.05) is 33.8 Å². The lowest BCUT2D eigenvalue weighted by Crippen LogP contribution is -2.49. The molecule has 32 heavy (non-hydrogen) atoms. The Morgan fingerprint density at radius 3 is 2.50 bits per heavy atom. The van der Waals surface area contributed by atoms with E-state index in [4.69, 9.17) is 9.15 Å². The number of hydrogen-bond acceptors (Lipinski definition) is 5. The molecule has 1 saturated heterocycles. The van der Waals surface area contributed by atoms with Crippen LogP contribution in [0.1, 0.15) is 46.3 Å². The van der Waals surface area contributed by atoms with E-state index in [-0.39, 0.29) is 42.5 Å². The first kappa shape index (κ1) is 28.1. The molecule has 0 saturated carbocycles. The molecule has 2 amide bonds. The number of halogens is 1. The fourth-order valence-electron chi connectivity index (χ4n) is 3.45. The summed E-state index contributed by atoms with van der Waals surface area (Å²) >= 11 is 0. The summed E-state index contributed by atoms with van der Waals surface area (Å²) in [6.45, 7) is 11.1. The SMILES string of the molecule is CCN(CC1CCN(C(=NC)NCC(=O)NCc2ccco2)CC1)C(=O)OC(C)(C)C.I. The summed E-state index contributed by atoms with van der Waals surface area (Å²) in [7, 11) is 1.72. The normalized spacial score (nSPS) is 15.0. The summed E-state index contributed by atoms with van der Waals surface area (Å²) in [5, 5.41) is 5.94. The van der Waals surface area contributed by atoms with Crippen LogP contribution in [0.4, 0.5) is 4.79 Å². The molecule has 1 aromatic rings. The summed E-state index contributed by atoms with van der Waals surface area (Å²) in [5.74, 6) is 1.72. The summed E-state index contributed by atoms with van der Waals surface area (Å²) in [6, 6.07) is 3.61. The van der Waals surface area contributed by atoms with Crippen molar-refractivity contribution in [2.24, 2.45) is 10.9 Å². The molecule has 2 heterocycles. The zero-order valence-corrected chi connectivity index (χ0v) is 22.2. The van der Waals surface area contributed by atoms with E-state index in [1.165, 1.54) is 0 Å². The summed E-state index contributed by atoms with van der Waals surface area (Å²) in [4.78, 5) is 32.7. The Labute approximate surface area is 208 Å². The molecule has 10 heteroatoms. The van der Waals surface area contributed by atoms with Crippen LogP contribution in [0, 0.1) is 5.92 Å². The summed E-state index contributed by atoms with van der Waals surface area (Å²) < 4.78 is 10.7. The van der Waals surface area contributed by atoms with Crippen molar-refractivity contribution in [1.82, 2.24) is 20.4 Å². The number of guanidine groups is 1. The van der Waals surface area contributed by atoms with Gasteiger partial charge < -0.3 is 29.6 Å². The molecular weight excluding hydrogens is 525 g/mol. The van der Waals surface area contributed by atoms with E-state index in [0.29, 0.717) is 37.3 Å². The van der Waals surface area contributed by atoms with Crippen molar-refractivity contribution >= 4 is 41.9 Å². The van der Waals surface area contributed by atoms with Gasteiger partial charge in [-0.15, -0.1) is 24.0 Å². The second-order valence-electron chi connectivity index (χ2n) is 8.71. The van der Waals surface area contributed by atoms with Crippen molar-refractivity contribution in [3.05, 3.63) is 24.2 Å². The van der Waals surface area contributed by atoms with Gasteiger partial charge in [-0.2, -0.15) is 0 Å². The van der Waals surface area contributed by atoms with Crippen LogP contribution in [0.15, 0.2) is 27.8 Å². The third-order valence-corrected chi connectivity index (χ3v) is 5.08. The van der Waals surface area contributed by atoms with Gasteiger partial charge in [-0.3, -0.25) is 9.79 Å². The highest BCUT2D eigenvalue weighted by Crippen LogP contribution is 2.20. The topological polar surface area (TPSA) is 99.4 Å². The largest absolute Gasteiger partial charge is 0.467 e. The Morgan fingerprint density at radius 1 is 1.28 bits per heavy atom. The van der Waals surface area contributed by atoms with Gasteiger partial charge in [0, 0.05) is 33.2 Å². The van der Waals surface area contributed by atoms with E-state index < -0.39 is 5.60 Å². The Balaban J connectivity index is 0.00000512. The van der Waals surface area contributed by atoms with E-state index in [9.17, 15) is 9.59 Å². The highest BCUT2D eigenvalue weighted by atomic mass is 127. The monoisotopic (exact) mass is 563 g/mol. The number of carbonyl (C=O) groups excluding carboxylic acids is 2. The van der Waals surface area contributed by atoms with Gasteiger partial charge in [0.05, 0.1) is 19.4 Å². The number of furan rings is 1. The number of carbonyl (C=O) groups is 2. The van der Waals surface area contributed by atoms with Crippen molar-refractivity contribution < 1.29 is 18.7 Å². The van der Waals surface area contributed by atoms with E-state index >= 15 is 0 Å². The predicted molar refractivity (Wildman–Crippen MR) is 135 cm³/mol. The van der Waals surface area contributed by atoms with Crippen LogP contribution >= 0.6 is 24.0 Å². The number of nitrogens with one attached hydrogen (secondary N) is 2. The number of likely N-dealkylation sites (tertiary alicyclic amines) is 1. The molecule has 0 bridgehead atoms. The number of nitrogens with zero attached hydrogens (tertiary/aromatic N) is 3. The van der Waals surface area contributed by atoms with Crippen LogP contribution in [-0.4, -0.2) is 73.1 Å². The smallest absolute Gasteiger partial charge is 0.410 e. The van der Waals surface area contributed by atoms with Crippen molar-refractivity contribution in [1.29, 1.82) is 0 Å².